The second-order valence-corrected chi connectivity index (χ2v) is 3.32. The second-order valence-electron chi connectivity index (χ2n) is 0.639. The quantitative estimate of drug-likeness (QED) is 0.315. The van der Waals surface area contributed by atoms with Gasteiger partial charge in [-0.2, -0.15) is 0 Å². The van der Waals surface area contributed by atoms with Gasteiger partial charge < -0.3 is 0 Å². The molecule has 0 aliphatic carbocycles. The number of hydrogen-bond donors (Lipinski definition) is 0. The average molecular weight is 196 g/mol. The Hall–Kier alpha value is -0.232. The summed E-state index contributed by atoms with van der Waals surface area (Å²) in [6.07, 6.45) is 8.00. The van der Waals surface area contributed by atoms with E-state index >= 15 is 0 Å². The van der Waals surface area contributed by atoms with Gasteiger partial charge in [0.2, 0.25) is 0 Å². The third kappa shape index (κ3) is 2450. The predicted molar refractivity (Wildman–Crippen MR) is 21.2 cm³/mol. The SMILES string of the molecule is C#C.F[As](F)(F)(F)F. The van der Waals surface area contributed by atoms with Crippen molar-refractivity contribution in [2.24, 2.45) is 0 Å². The summed E-state index contributed by atoms with van der Waals surface area (Å²) in [6, 6.07) is 0. The van der Waals surface area contributed by atoms with E-state index < -0.39 is 14.8 Å². The molecule has 0 aromatic heterocycles. The maximum absolute atomic E-state index is 9.89. The van der Waals surface area contributed by atoms with Crippen molar-refractivity contribution >= 4 is 14.8 Å². The number of terminal acetylenes is 1. The van der Waals surface area contributed by atoms with Gasteiger partial charge in [0.1, 0.15) is 0 Å². The maximum atomic E-state index is 9.89. The molecule has 0 aliphatic heterocycles. The Morgan fingerprint density at radius 2 is 0.750 bits per heavy atom. The predicted octanol–water partition coefficient (Wildman–Crippen LogP) is 1.97. The molecule has 8 heavy (non-hydrogen) atoms. The van der Waals surface area contributed by atoms with Crippen molar-refractivity contribution in [1.82, 2.24) is 0 Å². The summed E-state index contributed by atoms with van der Waals surface area (Å²) < 4.78 is 49.4. The summed E-state index contributed by atoms with van der Waals surface area (Å²) >= 11 is -8.99. The Labute approximate surface area is 45.8 Å². The van der Waals surface area contributed by atoms with E-state index in [2.05, 4.69) is 12.8 Å². The zero-order valence-electron chi connectivity index (χ0n) is 3.49. The molecule has 0 amide bonds. The number of rotatable bonds is 0. The second kappa shape index (κ2) is 2.36. The van der Waals surface area contributed by atoms with Crippen molar-refractivity contribution in [2.45, 2.75) is 0 Å². The fourth-order valence-corrected chi connectivity index (χ4v) is 0. The minimum absolute atomic E-state index is 4.00. The van der Waals surface area contributed by atoms with E-state index in [-0.39, 0.29) is 0 Å². The zero-order valence-corrected chi connectivity index (χ0v) is 5.37. The molecule has 0 nitrogen and oxygen atoms in total. The molecule has 0 saturated heterocycles. The molecule has 0 saturated carbocycles. The molecule has 0 fully saturated rings. The van der Waals surface area contributed by atoms with E-state index in [4.69, 9.17) is 0 Å². The summed E-state index contributed by atoms with van der Waals surface area (Å²) in [5.74, 6) is 0. The zero-order chi connectivity index (χ0) is 7.45. The molecular weight excluding hydrogens is 194 g/mol. The molecule has 0 atom stereocenters. The summed E-state index contributed by atoms with van der Waals surface area (Å²) in [5, 5.41) is 0. The summed E-state index contributed by atoms with van der Waals surface area (Å²) in [6.45, 7) is 0. The Morgan fingerprint density at radius 3 is 0.750 bits per heavy atom. The fraction of sp³-hybridized carbons (Fsp3) is 0. The van der Waals surface area contributed by atoms with Crippen LogP contribution in [-0.2, 0) is 0 Å². The molecule has 0 aliphatic rings. The van der Waals surface area contributed by atoms with Crippen molar-refractivity contribution in [3.63, 3.8) is 0 Å². The van der Waals surface area contributed by atoms with Crippen LogP contribution in [0.5, 0.6) is 0 Å². The molecule has 0 heterocycles. The standard InChI is InChI=1S/C2H2.AsF5/c1-2;2-1(3,4,5)6/h1-2H;. The molecule has 6 heteroatoms. The van der Waals surface area contributed by atoms with E-state index in [0.717, 1.165) is 0 Å². The van der Waals surface area contributed by atoms with Crippen LogP contribution in [0.1, 0.15) is 0 Å². The van der Waals surface area contributed by atoms with Gasteiger partial charge in [-0.3, -0.25) is 0 Å². The monoisotopic (exact) mass is 196 g/mol. The normalized spacial score (nSPS) is 14.6. The van der Waals surface area contributed by atoms with Gasteiger partial charge in [-0.25, -0.2) is 0 Å². The Kier molecular flexibility index (Phi) is 3.16. The van der Waals surface area contributed by atoms with Gasteiger partial charge in [0, 0.05) is 0 Å². The van der Waals surface area contributed by atoms with Gasteiger partial charge in [-0.05, 0) is 0 Å². The summed E-state index contributed by atoms with van der Waals surface area (Å²) in [5.41, 5.74) is 0. The van der Waals surface area contributed by atoms with Crippen LogP contribution in [0.15, 0.2) is 0 Å². The average Bonchev–Trinajstić information content (AvgIpc) is 1.33. The molecule has 0 unspecified atom stereocenters. The molecule has 0 radical (unpaired) electrons. The van der Waals surface area contributed by atoms with Crippen LogP contribution in [-0.4, -0.2) is 14.8 Å². The van der Waals surface area contributed by atoms with Crippen LogP contribution in [0.2, 0.25) is 0 Å². The number of hydrogen-bond acceptors (Lipinski definition) is 0. The molecule has 0 bridgehead atoms. The topological polar surface area (TPSA) is 0 Å². The van der Waals surface area contributed by atoms with Crippen molar-refractivity contribution in [1.29, 1.82) is 0 Å². The van der Waals surface area contributed by atoms with E-state index in [0.29, 0.717) is 0 Å². The van der Waals surface area contributed by atoms with Gasteiger partial charge in [0.15, 0.2) is 0 Å². The Morgan fingerprint density at radius 1 is 0.750 bits per heavy atom. The summed E-state index contributed by atoms with van der Waals surface area (Å²) in [7, 11) is 0. The Bertz CT molecular complexity index is 68.6. The van der Waals surface area contributed by atoms with Crippen LogP contribution in [0.3, 0.4) is 0 Å². The molecular formula is C2H2AsF5. The van der Waals surface area contributed by atoms with Gasteiger partial charge in [-0.1, -0.05) is 0 Å². The van der Waals surface area contributed by atoms with Crippen LogP contribution < -0.4 is 0 Å². The Balaban J connectivity index is 0. The van der Waals surface area contributed by atoms with Crippen molar-refractivity contribution < 1.29 is 17.3 Å². The van der Waals surface area contributed by atoms with E-state index in [9.17, 15) is 17.3 Å². The molecule has 0 aromatic carbocycles. The van der Waals surface area contributed by atoms with Gasteiger partial charge >= 0.3 is 32.1 Å². The van der Waals surface area contributed by atoms with Gasteiger partial charge in [0.25, 0.3) is 0 Å². The molecule has 0 aromatic rings. The third-order valence-electron chi connectivity index (χ3n) is 0. The van der Waals surface area contributed by atoms with Crippen LogP contribution >= 0.6 is 0 Å². The summed E-state index contributed by atoms with van der Waals surface area (Å²) in [4.78, 5) is 0. The van der Waals surface area contributed by atoms with Crippen LogP contribution in [0.25, 0.3) is 0 Å². The van der Waals surface area contributed by atoms with Gasteiger partial charge in [-0.15, -0.1) is 12.8 Å². The third-order valence-corrected chi connectivity index (χ3v) is 0. The first-order chi connectivity index (χ1) is 3.24. The first-order valence-electron chi connectivity index (χ1n) is 1.18. The van der Waals surface area contributed by atoms with Crippen molar-refractivity contribution in [2.75, 3.05) is 0 Å². The molecule has 0 rings (SSSR count). The number of halogens is 5. The first-order valence-corrected chi connectivity index (χ1v) is 4.72. The molecule has 0 N–H and O–H groups in total. The van der Waals surface area contributed by atoms with E-state index in [1.165, 1.54) is 0 Å². The van der Waals surface area contributed by atoms with Crippen molar-refractivity contribution in [3.8, 4) is 12.8 Å². The minimum atomic E-state index is -8.99. The van der Waals surface area contributed by atoms with E-state index in [1.807, 2.05) is 0 Å². The van der Waals surface area contributed by atoms with Crippen molar-refractivity contribution in [3.05, 3.63) is 0 Å². The fourth-order valence-electron chi connectivity index (χ4n) is 0. The first kappa shape index (κ1) is 10.7. The molecule has 0 spiro atoms. The van der Waals surface area contributed by atoms with Crippen LogP contribution in [0, 0.1) is 12.8 Å². The molecule has 50 valence electrons. The van der Waals surface area contributed by atoms with E-state index in [1.54, 1.807) is 0 Å². The van der Waals surface area contributed by atoms with Crippen LogP contribution in [0.4, 0.5) is 17.3 Å². The van der Waals surface area contributed by atoms with Gasteiger partial charge in [0.05, 0.1) is 0 Å².